The Hall–Kier alpha value is -1.88. The van der Waals surface area contributed by atoms with Crippen LogP contribution in [0.1, 0.15) is 50.2 Å². The van der Waals surface area contributed by atoms with Crippen molar-refractivity contribution in [2.24, 2.45) is 5.92 Å². The first-order valence-electron chi connectivity index (χ1n) is 9.88. The van der Waals surface area contributed by atoms with Crippen molar-refractivity contribution in [2.45, 2.75) is 62.9 Å². The molecule has 0 saturated heterocycles. The fourth-order valence-electron chi connectivity index (χ4n) is 5.15. The van der Waals surface area contributed by atoms with E-state index in [9.17, 15) is 9.59 Å². The van der Waals surface area contributed by atoms with Crippen LogP contribution >= 0.6 is 0 Å². The van der Waals surface area contributed by atoms with Crippen LogP contribution in [0.3, 0.4) is 0 Å². The lowest BCUT2D eigenvalue weighted by Gasteiger charge is -2.42. The van der Waals surface area contributed by atoms with Crippen molar-refractivity contribution in [2.75, 3.05) is 13.1 Å². The second kappa shape index (κ2) is 6.69. The third-order valence-corrected chi connectivity index (χ3v) is 6.74. The number of amides is 1. The molecule has 2 atom stereocenters. The van der Waals surface area contributed by atoms with Crippen molar-refractivity contribution in [1.82, 2.24) is 10.2 Å². The maximum absolute atomic E-state index is 12.8. The van der Waals surface area contributed by atoms with Crippen LogP contribution in [0.2, 0.25) is 0 Å². The molecule has 5 heteroatoms. The maximum Gasteiger partial charge on any atom is 0.317 e. The van der Waals surface area contributed by atoms with E-state index in [1.54, 1.807) is 0 Å². The minimum atomic E-state index is -0.782. The average molecular weight is 356 g/mol. The van der Waals surface area contributed by atoms with Gasteiger partial charge < -0.3 is 10.4 Å². The molecule has 4 rings (SSSR count). The molecule has 3 aliphatic rings. The van der Waals surface area contributed by atoms with Crippen LogP contribution in [0, 0.1) is 5.92 Å². The third kappa shape index (κ3) is 3.02. The van der Waals surface area contributed by atoms with Gasteiger partial charge in [0.2, 0.25) is 5.91 Å². The number of carbonyl (C=O) groups excluding carboxylic acids is 1. The fourth-order valence-corrected chi connectivity index (χ4v) is 5.15. The summed E-state index contributed by atoms with van der Waals surface area (Å²) in [7, 11) is 0. The zero-order valence-corrected chi connectivity index (χ0v) is 15.4. The first kappa shape index (κ1) is 17.5. The van der Waals surface area contributed by atoms with Crippen molar-refractivity contribution in [3.05, 3.63) is 35.4 Å². The molecule has 1 aromatic rings. The van der Waals surface area contributed by atoms with Crippen LogP contribution in [-0.4, -0.2) is 47.1 Å². The van der Waals surface area contributed by atoms with E-state index in [-0.39, 0.29) is 35.9 Å². The molecule has 2 N–H and O–H groups in total. The molecule has 5 nitrogen and oxygen atoms in total. The summed E-state index contributed by atoms with van der Waals surface area (Å²) in [4.78, 5) is 25.7. The first-order chi connectivity index (χ1) is 12.5. The Morgan fingerprint density at radius 3 is 2.81 bits per heavy atom. The molecule has 2 fully saturated rings. The molecule has 2 unspecified atom stereocenters. The Bertz CT molecular complexity index is 713. The number of hydrogen-bond donors (Lipinski definition) is 2. The highest BCUT2D eigenvalue weighted by Crippen LogP contribution is 2.60. The number of carbonyl (C=O) groups is 2. The van der Waals surface area contributed by atoms with Crippen LogP contribution in [0.5, 0.6) is 0 Å². The van der Waals surface area contributed by atoms with Gasteiger partial charge in [0, 0.05) is 23.4 Å². The van der Waals surface area contributed by atoms with Gasteiger partial charge in [-0.05, 0) is 56.2 Å². The second-order valence-electron chi connectivity index (χ2n) is 8.21. The standard InChI is InChI=1S/C21H28N2O3/c1-2-23(13-19(24)25)16-10-15(11-16)22-20(26)18-12-21(18)9-5-7-14-6-3-4-8-17(14)21/h3-4,6,8,15-16,18H,2,5,7,9-13H2,1H3,(H,22,26)(H,24,25). The zero-order valence-electron chi connectivity index (χ0n) is 15.4. The van der Waals surface area contributed by atoms with E-state index in [2.05, 4.69) is 29.6 Å². The van der Waals surface area contributed by atoms with E-state index in [1.807, 2.05) is 11.8 Å². The molecule has 1 spiro atoms. The lowest BCUT2D eigenvalue weighted by molar-refractivity contribution is -0.139. The molecule has 0 radical (unpaired) electrons. The largest absolute Gasteiger partial charge is 0.480 e. The van der Waals surface area contributed by atoms with E-state index in [0.29, 0.717) is 0 Å². The summed E-state index contributed by atoms with van der Waals surface area (Å²) in [6, 6.07) is 9.10. The highest BCUT2D eigenvalue weighted by Gasteiger charge is 2.60. The molecule has 0 bridgehead atoms. The number of benzene rings is 1. The van der Waals surface area contributed by atoms with Crippen LogP contribution < -0.4 is 5.32 Å². The number of nitrogens with zero attached hydrogens (tertiary/aromatic N) is 1. The van der Waals surface area contributed by atoms with Gasteiger partial charge in [-0.3, -0.25) is 14.5 Å². The number of carboxylic acid groups (broad SMARTS) is 1. The number of carboxylic acids is 1. The average Bonchev–Trinajstić information content (AvgIpc) is 3.31. The maximum atomic E-state index is 12.8. The molecule has 26 heavy (non-hydrogen) atoms. The smallest absolute Gasteiger partial charge is 0.317 e. The Morgan fingerprint density at radius 2 is 2.08 bits per heavy atom. The van der Waals surface area contributed by atoms with E-state index in [4.69, 9.17) is 5.11 Å². The Kier molecular flexibility index (Phi) is 4.51. The molecule has 0 heterocycles. The summed E-state index contributed by atoms with van der Waals surface area (Å²) < 4.78 is 0. The summed E-state index contributed by atoms with van der Waals surface area (Å²) >= 11 is 0. The Morgan fingerprint density at radius 1 is 1.31 bits per heavy atom. The predicted molar refractivity (Wildman–Crippen MR) is 99.0 cm³/mol. The van der Waals surface area contributed by atoms with Crippen molar-refractivity contribution in [1.29, 1.82) is 0 Å². The molecule has 0 aliphatic heterocycles. The van der Waals surface area contributed by atoms with Crippen LogP contribution in [0.4, 0.5) is 0 Å². The second-order valence-corrected chi connectivity index (χ2v) is 8.21. The Balaban J connectivity index is 1.32. The van der Waals surface area contributed by atoms with Crippen LogP contribution in [0.25, 0.3) is 0 Å². The van der Waals surface area contributed by atoms with Gasteiger partial charge in [0.05, 0.1) is 6.54 Å². The molecule has 2 saturated carbocycles. The number of likely N-dealkylation sites (N-methyl/N-ethyl adjacent to an activating group) is 1. The third-order valence-electron chi connectivity index (χ3n) is 6.74. The summed E-state index contributed by atoms with van der Waals surface area (Å²) in [5.74, 6) is -0.467. The number of aliphatic carboxylic acids is 1. The summed E-state index contributed by atoms with van der Waals surface area (Å²) in [5.41, 5.74) is 2.91. The quantitative estimate of drug-likeness (QED) is 0.821. The van der Waals surface area contributed by atoms with E-state index < -0.39 is 5.97 Å². The van der Waals surface area contributed by atoms with Gasteiger partial charge in [-0.15, -0.1) is 0 Å². The molecule has 1 aromatic carbocycles. The van der Waals surface area contributed by atoms with Gasteiger partial charge in [0.1, 0.15) is 0 Å². The normalized spacial score (nSPS) is 32.0. The topological polar surface area (TPSA) is 69.6 Å². The molecule has 0 aromatic heterocycles. The van der Waals surface area contributed by atoms with E-state index in [1.165, 1.54) is 17.5 Å². The van der Waals surface area contributed by atoms with E-state index >= 15 is 0 Å². The minimum Gasteiger partial charge on any atom is -0.480 e. The lowest BCUT2D eigenvalue weighted by atomic mass is 9.78. The Labute approximate surface area is 154 Å². The van der Waals surface area contributed by atoms with Gasteiger partial charge in [0.15, 0.2) is 0 Å². The molecular formula is C21H28N2O3. The van der Waals surface area contributed by atoms with Crippen LogP contribution in [0.15, 0.2) is 24.3 Å². The summed E-state index contributed by atoms with van der Waals surface area (Å²) in [6.45, 7) is 2.81. The molecule has 3 aliphatic carbocycles. The predicted octanol–water partition coefficient (Wildman–Crippen LogP) is 2.33. The van der Waals surface area contributed by atoms with Gasteiger partial charge in [0.25, 0.3) is 0 Å². The number of rotatable bonds is 6. The van der Waals surface area contributed by atoms with E-state index in [0.717, 1.165) is 38.6 Å². The van der Waals surface area contributed by atoms with Crippen molar-refractivity contribution in [3.63, 3.8) is 0 Å². The van der Waals surface area contributed by atoms with Gasteiger partial charge in [-0.25, -0.2) is 0 Å². The molecular weight excluding hydrogens is 328 g/mol. The first-order valence-corrected chi connectivity index (χ1v) is 9.88. The number of fused-ring (bicyclic) bond motifs is 2. The zero-order chi connectivity index (χ0) is 18.3. The molecule has 1 amide bonds. The highest BCUT2D eigenvalue weighted by molar-refractivity contribution is 5.85. The van der Waals surface area contributed by atoms with Gasteiger partial charge >= 0.3 is 5.97 Å². The minimum absolute atomic E-state index is 0.0842. The van der Waals surface area contributed by atoms with Crippen molar-refractivity contribution in [3.8, 4) is 0 Å². The molecule has 140 valence electrons. The lowest BCUT2D eigenvalue weighted by Crippen LogP contribution is -2.55. The SMILES string of the molecule is CCN(CC(=O)O)C1CC(NC(=O)C2CC23CCCc2ccccc23)C1. The van der Waals surface area contributed by atoms with Gasteiger partial charge in [-0.1, -0.05) is 31.2 Å². The highest BCUT2D eigenvalue weighted by atomic mass is 16.4. The number of nitrogens with one attached hydrogen (secondary N) is 1. The summed E-state index contributed by atoms with van der Waals surface area (Å²) in [6.07, 6.45) is 6.13. The monoisotopic (exact) mass is 356 g/mol. The number of aryl methyl sites for hydroxylation is 1. The van der Waals surface area contributed by atoms with Crippen molar-refractivity contribution >= 4 is 11.9 Å². The summed E-state index contributed by atoms with van der Waals surface area (Å²) in [5, 5.41) is 12.2. The van der Waals surface area contributed by atoms with Crippen LogP contribution in [-0.2, 0) is 21.4 Å². The van der Waals surface area contributed by atoms with Crippen molar-refractivity contribution < 1.29 is 14.7 Å². The fraction of sp³-hybridized carbons (Fsp3) is 0.619. The number of hydrogen-bond acceptors (Lipinski definition) is 3. The van der Waals surface area contributed by atoms with Gasteiger partial charge in [-0.2, -0.15) is 0 Å².